The summed E-state index contributed by atoms with van der Waals surface area (Å²) < 4.78 is 43.9. The van der Waals surface area contributed by atoms with E-state index >= 15 is 0 Å². The molecule has 0 unspecified atom stereocenters. The molecule has 0 aliphatic carbocycles. The molecular formula is C16H14ClFN2O5S. The average Bonchev–Trinajstić information content (AvgIpc) is 2.62. The summed E-state index contributed by atoms with van der Waals surface area (Å²) in [6, 6.07) is 8.97. The third-order valence-corrected chi connectivity index (χ3v) is 4.96. The molecule has 0 aromatic heterocycles. The molecule has 0 aliphatic rings. The third kappa shape index (κ3) is 4.78. The maximum Gasteiger partial charge on any atom is 0.340 e. The van der Waals surface area contributed by atoms with Crippen LogP contribution in [0.15, 0.2) is 47.4 Å². The highest BCUT2D eigenvalue weighted by molar-refractivity contribution is 7.89. The molecule has 0 aliphatic heterocycles. The van der Waals surface area contributed by atoms with Crippen molar-refractivity contribution in [3.63, 3.8) is 0 Å². The lowest BCUT2D eigenvalue weighted by atomic mass is 10.2. The minimum Gasteiger partial charge on any atom is -0.452 e. The van der Waals surface area contributed by atoms with Gasteiger partial charge in [0.05, 0.1) is 21.2 Å². The highest BCUT2D eigenvalue weighted by Gasteiger charge is 2.19. The number of carbonyl (C=O) groups is 2. The largest absolute Gasteiger partial charge is 0.452 e. The number of esters is 1. The van der Waals surface area contributed by atoms with Crippen molar-refractivity contribution in [3.05, 3.63) is 58.9 Å². The Morgan fingerprint density at radius 1 is 1.19 bits per heavy atom. The van der Waals surface area contributed by atoms with E-state index in [2.05, 4.69) is 10.0 Å². The van der Waals surface area contributed by atoms with Gasteiger partial charge < -0.3 is 10.1 Å². The standard InChI is InChI=1S/C16H14ClFN2O5S/c1-19-26(23,24)10-6-7-12(17)11(8-10)16(22)25-9-15(21)20-14-5-3-2-4-13(14)18/h2-8,19H,9H2,1H3,(H,20,21). The zero-order chi connectivity index (χ0) is 19.3. The Bertz CT molecular complexity index is 949. The van der Waals surface area contributed by atoms with Crippen LogP contribution < -0.4 is 10.0 Å². The topological polar surface area (TPSA) is 102 Å². The summed E-state index contributed by atoms with van der Waals surface area (Å²) in [5.41, 5.74) is -0.282. The number of halogens is 2. The molecule has 0 radical (unpaired) electrons. The van der Waals surface area contributed by atoms with Gasteiger partial charge in [-0.1, -0.05) is 23.7 Å². The zero-order valence-corrected chi connectivity index (χ0v) is 15.0. The number of rotatable bonds is 6. The Morgan fingerprint density at radius 3 is 2.54 bits per heavy atom. The first-order valence-electron chi connectivity index (χ1n) is 7.19. The number of hydrogen-bond acceptors (Lipinski definition) is 5. The van der Waals surface area contributed by atoms with Crippen molar-refractivity contribution in [2.75, 3.05) is 19.0 Å². The van der Waals surface area contributed by atoms with Gasteiger partial charge in [0.2, 0.25) is 10.0 Å². The van der Waals surface area contributed by atoms with Crippen LogP contribution in [0, 0.1) is 5.82 Å². The molecule has 2 aromatic carbocycles. The number of carbonyl (C=O) groups excluding carboxylic acids is 2. The van der Waals surface area contributed by atoms with Gasteiger partial charge in [-0.25, -0.2) is 22.3 Å². The number of anilines is 1. The Balaban J connectivity index is 2.07. The van der Waals surface area contributed by atoms with Crippen LogP contribution in [0.3, 0.4) is 0 Å². The maximum absolute atomic E-state index is 13.5. The van der Waals surface area contributed by atoms with Crippen molar-refractivity contribution in [2.45, 2.75) is 4.90 Å². The van der Waals surface area contributed by atoms with Crippen molar-refractivity contribution >= 4 is 39.2 Å². The number of nitrogens with one attached hydrogen (secondary N) is 2. The molecule has 2 N–H and O–H groups in total. The summed E-state index contributed by atoms with van der Waals surface area (Å²) in [5.74, 6) is -2.40. The van der Waals surface area contributed by atoms with Crippen LogP contribution in [0.2, 0.25) is 5.02 Å². The number of para-hydroxylation sites is 1. The van der Waals surface area contributed by atoms with Crippen LogP contribution in [0.4, 0.5) is 10.1 Å². The first-order chi connectivity index (χ1) is 12.2. The first-order valence-corrected chi connectivity index (χ1v) is 9.05. The SMILES string of the molecule is CNS(=O)(=O)c1ccc(Cl)c(C(=O)OCC(=O)Nc2ccccc2F)c1. The highest BCUT2D eigenvalue weighted by Crippen LogP contribution is 2.21. The van der Waals surface area contributed by atoms with Crippen molar-refractivity contribution in [1.29, 1.82) is 0 Å². The van der Waals surface area contributed by atoms with E-state index in [1.54, 1.807) is 0 Å². The Hall–Kier alpha value is -2.49. The lowest BCUT2D eigenvalue weighted by Gasteiger charge is -2.09. The normalized spacial score (nSPS) is 11.0. The second-order valence-corrected chi connectivity index (χ2v) is 7.25. The third-order valence-electron chi connectivity index (χ3n) is 3.22. The van der Waals surface area contributed by atoms with E-state index in [1.807, 2.05) is 0 Å². The van der Waals surface area contributed by atoms with E-state index in [1.165, 1.54) is 37.4 Å². The van der Waals surface area contributed by atoms with Crippen LogP contribution in [0.25, 0.3) is 0 Å². The second kappa shape index (κ2) is 8.26. The molecule has 2 rings (SSSR count). The summed E-state index contributed by atoms with van der Waals surface area (Å²) in [7, 11) is -2.57. The van der Waals surface area contributed by atoms with Gasteiger partial charge in [0.1, 0.15) is 5.82 Å². The molecule has 0 fully saturated rings. The lowest BCUT2D eigenvalue weighted by Crippen LogP contribution is -2.22. The van der Waals surface area contributed by atoms with E-state index in [4.69, 9.17) is 16.3 Å². The van der Waals surface area contributed by atoms with E-state index < -0.39 is 34.3 Å². The van der Waals surface area contributed by atoms with E-state index in [0.29, 0.717) is 0 Å². The van der Waals surface area contributed by atoms with Gasteiger partial charge in [-0.05, 0) is 37.4 Å². The average molecular weight is 401 g/mol. The monoisotopic (exact) mass is 400 g/mol. The van der Waals surface area contributed by atoms with E-state index in [-0.39, 0.29) is 21.2 Å². The Labute approximate surface area is 154 Å². The first kappa shape index (κ1) is 19.8. The fraction of sp³-hybridized carbons (Fsp3) is 0.125. The van der Waals surface area contributed by atoms with E-state index in [9.17, 15) is 22.4 Å². The highest BCUT2D eigenvalue weighted by atomic mass is 35.5. The predicted octanol–water partition coefficient (Wildman–Crippen LogP) is 2.18. The van der Waals surface area contributed by atoms with Crippen LogP contribution in [0.5, 0.6) is 0 Å². The zero-order valence-electron chi connectivity index (χ0n) is 13.5. The van der Waals surface area contributed by atoms with Gasteiger partial charge in [0.15, 0.2) is 6.61 Å². The number of hydrogen-bond donors (Lipinski definition) is 2. The number of sulfonamides is 1. The quantitative estimate of drug-likeness (QED) is 0.724. The van der Waals surface area contributed by atoms with Gasteiger partial charge in [0, 0.05) is 0 Å². The summed E-state index contributed by atoms with van der Waals surface area (Å²) in [6.45, 7) is -0.702. The summed E-state index contributed by atoms with van der Waals surface area (Å²) in [6.07, 6.45) is 0. The summed E-state index contributed by atoms with van der Waals surface area (Å²) in [5, 5.41) is 2.20. The molecule has 138 valence electrons. The molecule has 0 saturated carbocycles. The van der Waals surface area contributed by atoms with E-state index in [0.717, 1.165) is 12.1 Å². The van der Waals surface area contributed by atoms with Gasteiger partial charge in [-0.15, -0.1) is 0 Å². The molecule has 0 bridgehead atoms. The molecule has 0 saturated heterocycles. The summed E-state index contributed by atoms with van der Waals surface area (Å²) in [4.78, 5) is 23.7. The molecule has 0 atom stereocenters. The van der Waals surface area contributed by atoms with Gasteiger partial charge in [0.25, 0.3) is 5.91 Å². The smallest absolute Gasteiger partial charge is 0.340 e. The number of ether oxygens (including phenoxy) is 1. The molecule has 0 heterocycles. The van der Waals surface area contributed by atoms with Crippen molar-refractivity contribution < 1.29 is 27.1 Å². The molecule has 0 spiro atoms. The Morgan fingerprint density at radius 2 is 1.88 bits per heavy atom. The molecule has 10 heteroatoms. The fourth-order valence-electron chi connectivity index (χ4n) is 1.90. The molecular weight excluding hydrogens is 387 g/mol. The van der Waals surface area contributed by atoms with Crippen LogP contribution in [0.1, 0.15) is 10.4 Å². The summed E-state index contributed by atoms with van der Waals surface area (Å²) >= 11 is 5.88. The minimum absolute atomic E-state index is 0.0421. The Kier molecular flexibility index (Phi) is 6.30. The number of amides is 1. The van der Waals surface area contributed by atoms with Crippen LogP contribution in [-0.2, 0) is 19.6 Å². The predicted molar refractivity (Wildman–Crippen MR) is 93.0 cm³/mol. The fourth-order valence-corrected chi connectivity index (χ4v) is 2.85. The van der Waals surface area contributed by atoms with Crippen molar-refractivity contribution in [1.82, 2.24) is 4.72 Å². The van der Waals surface area contributed by atoms with Gasteiger partial charge >= 0.3 is 5.97 Å². The molecule has 2 aromatic rings. The van der Waals surface area contributed by atoms with Crippen molar-refractivity contribution in [2.24, 2.45) is 0 Å². The van der Waals surface area contributed by atoms with Gasteiger partial charge in [-0.2, -0.15) is 0 Å². The molecule has 1 amide bonds. The minimum atomic E-state index is -3.79. The lowest BCUT2D eigenvalue weighted by molar-refractivity contribution is -0.119. The van der Waals surface area contributed by atoms with Crippen molar-refractivity contribution in [3.8, 4) is 0 Å². The van der Waals surface area contributed by atoms with Crippen LogP contribution >= 0.6 is 11.6 Å². The van der Waals surface area contributed by atoms with Crippen LogP contribution in [-0.4, -0.2) is 33.9 Å². The number of benzene rings is 2. The molecule has 7 nitrogen and oxygen atoms in total. The van der Waals surface area contributed by atoms with Gasteiger partial charge in [-0.3, -0.25) is 4.79 Å². The maximum atomic E-state index is 13.5. The second-order valence-electron chi connectivity index (χ2n) is 4.95. The molecule has 26 heavy (non-hydrogen) atoms.